The summed E-state index contributed by atoms with van der Waals surface area (Å²) in [6.45, 7) is 4.65. The quantitative estimate of drug-likeness (QED) is 0.527. The van der Waals surface area contributed by atoms with Crippen molar-refractivity contribution in [1.29, 1.82) is 0 Å². The molecule has 1 rings (SSSR count). The van der Waals surface area contributed by atoms with Crippen LogP contribution in [0.2, 0.25) is 0 Å². The molecule has 1 fully saturated rings. The van der Waals surface area contributed by atoms with Crippen LogP contribution in [0.3, 0.4) is 0 Å². The van der Waals surface area contributed by atoms with Crippen LogP contribution >= 0.6 is 0 Å². The third-order valence-corrected chi connectivity index (χ3v) is 1.63. The number of nitrogens with two attached hydrogens (primary N) is 1. The molecule has 0 spiro atoms. The maximum absolute atomic E-state index is 10.6. The van der Waals surface area contributed by atoms with Crippen molar-refractivity contribution in [3.05, 3.63) is 6.92 Å². The molecule has 0 aromatic rings. The first-order valence-electron chi connectivity index (χ1n) is 2.88. The number of rotatable bonds is 1. The monoisotopic (exact) mass is 128 g/mol. The van der Waals surface area contributed by atoms with E-state index < -0.39 is 5.41 Å². The van der Waals surface area contributed by atoms with Crippen molar-refractivity contribution in [1.82, 2.24) is 0 Å². The van der Waals surface area contributed by atoms with Crippen molar-refractivity contribution < 1.29 is 9.53 Å². The molecule has 1 aliphatic heterocycles. The highest BCUT2D eigenvalue weighted by Gasteiger charge is 2.35. The SMILES string of the molecule is [CH2][C@]1(C(N)=O)CCOC1. The van der Waals surface area contributed by atoms with E-state index in [1.165, 1.54) is 0 Å². The lowest BCUT2D eigenvalue weighted by Gasteiger charge is -2.14. The predicted molar refractivity (Wildman–Crippen MR) is 32.4 cm³/mol. The van der Waals surface area contributed by atoms with E-state index in [0.717, 1.165) is 0 Å². The molecule has 1 radical (unpaired) electrons. The van der Waals surface area contributed by atoms with E-state index in [-0.39, 0.29) is 5.91 Å². The molecule has 3 heteroatoms. The Kier molecular flexibility index (Phi) is 1.45. The first-order valence-corrected chi connectivity index (χ1v) is 2.88. The van der Waals surface area contributed by atoms with Gasteiger partial charge in [-0.1, -0.05) is 0 Å². The smallest absolute Gasteiger partial charge is 0.226 e. The van der Waals surface area contributed by atoms with Gasteiger partial charge in [0.05, 0.1) is 12.0 Å². The molecular formula is C6H10NO2. The normalized spacial score (nSPS) is 34.8. The van der Waals surface area contributed by atoms with E-state index in [4.69, 9.17) is 10.5 Å². The molecule has 0 aliphatic carbocycles. The van der Waals surface area contributed by atoms with Gasteiger partial charge in [0.15, 0.2) is 0 Å². The van der Waals surface area contributed by atoms with Gasteiger partial charge in [0, 0.05) is 6.61 Å². The van der Waals surface area contributed by atoms with Gasteiger partial charge < -0.3 is 10.5 Å². The van der Waals surface area contributed by atoms with Crippen molar-refractivity contribution >= 4 is 5.91 Å². The third kappa shape index (κ3) is 1.05. The van der Waals surface area contributed by atoms with Crippen molar-refractivity contribution in [2.45, 2.75) is 6.42 Å². The summed E-state index contributed by atoms with van der Waals surface area (Å²) in [6.07, 6.45) is 0.655. The third-order valence-electron chi connectivity index (χ3n) is 1.63. The number of amides is 1. The second-order valence-electron chi connectivity index (χ2n) is 2.45. The van der Waals surface area contributed by atoms with Crippen molar-refractivity contribution in [3.8, 4) is 0 Å². The van der Waals surface area contributed by atoms with Crippen LogP contribution in [0.5, 0.6) is 0 Å². The average molecular weight is 128 g/mol. The first kappa shape index (κ1) is 6.55. The fourth-order valence-corrected chi connectivity index (χ4v) is 0.802. The minimum atomic E-state index is -0.639. The van der Waals surface area contributed by atoms with Crippen LogP contribution in [0.1, 0.15) is 6.42 Å². The van der Waals surface area contributed by atoms with Gasteiger partial charge in [-0.15, -0.1) is 0 Å². The highest BCUT2D eigenvalue weighted by molar-refractivity contribution is 5.81. The molecule has 1 heterocycles. The molecule has 0 unspecified atom stereocenters. The molecule has 1 saturated heterocycles. The van der Waals surface area contributed by atoms with Crippen molar-refractivity contribution in [3.63, 3.8) is 0 Å². The summed E-state index contributed by atoms with van der Waals surface area (Å²) in [7, 11) is 0. The van der Waals surface area contributed by atoms with E-state index in [2.05, 4.69) is 6.92 Å². The molecular weight excluding hydrogens is 118 g/mol. The molecule has 0 aromatic heterocycles. The summed E-state index contributed by atoms with van der Waals surface area (Å²) < 4.78 is 4.96. The molecule has 0 aromatic carbocycles. The van der Waals surface area contributed by atoms with Gasteiger partial charge in [-0.2, -0.15) is 0 Å². The maximum atomic E-state index is 10.6. The average Bonchev–Trinajstić information content (AvgIpc) is 2.16. The van der Waals surface area contributed by atoms with Crippen molar-refractivity contribution in [2.24, 2.45) is 11.1 Å². The van der Waals surface area contributed by atoms with Gasteiger partial charge in [-0.25, -0.2) is 0 Å². The standard InChI is InChI=1S/C6H10NO2/c1-6(5(7)8)2-3-9-4-6/h1-4H2,(H2,7,8)/t6-/m0/s1. The van der Waals surface area contributed by atoms with Crippen LogP contribution in [0, 0.1) is 12.3 Å². The molecule has 1 amide bonds. The molecule has 3 nitrogen and oxygen atoms in total. The Labute approximate surface area is 54.2 Å². The largest absolute Gasteiger partial charge is 0.380 e. The van der Waals surface area contributed by atoms with Gasteiger partial charge in [0.25, 0.3) is 0 Å². The fourth-order valence-electron chi connectivity index (χ4n) is 0.802. The number of primary amides is 1. The lowest BCUT2D eigenvalue weighted by Crippen LogP contribution is -2.34. The number of hydrogen-bond donors (Lipinski definition) is 1. The zero-order valence-corrected chi connectivity index (χ0v) is 5.22. The second kappa shape index (κ2) is 1.99. The summed E-state index contributed by atoms with van der Waals surface area (Å²) in [5.74, 6) is -0.361. The molecule has 0 bridgehead atoms. The zero-order chi connectivity index (χ0) is 6.91. The van der Waals surface area contributed by atoms with E-state index >= 15 is 0 Å². The van der Waals surface area contributed by atoms with Crippen LogP contribution in [0.25, 0.3) is 0 Å². The molecule has 9 heavy (non-hydrogen) atoms. The van der Waals surface area contributed by atoms with E-state index in [1.807, 2.05) is 0 Å². The van der Waals surface area contributed by atoms with E-state index in [9.17, 15) is 4.79 Å². The lowest BCUT2D eigenvalue weighted by molar-refractivity contribution is -0.125. The minimum absolute atomic E-state index is 0.361. The van der Waals surface area contributed by atoms with Crippen LogP contribution in [-0.2, 0) is 9.53 Å². The Bertz CT molecular complexity index is 127. The number of carbonyl (C=O) groups excluding carboxylic acids is 1. The number of carbonyl (C=O) groups is 1. The summed E-state index contributed by atoms with van der Waals surface area (Å²) >= 11 is 0. The fraction of sp³-hybridized carbons (Fsp3) is 0.667. The first-order chi connectivity index (χ1) is 4.15. The van der Waals surface area contributed by atoms with E-state index in [1.54, 1.807) is 0 Å². The summed E-state index contributed by atoms with van der Waals surface area (Å²) in [6, 6.07) is 0. The van der Waals surface area contributed by atoms with Crippen LogP contribution < -0.4 is 5.73 Å². The lowest BCUT2D eigenvalue weighted by atomic mass is 9.90. The number of hydrogen-bond acceptors (Lipinski definition) is 2. The maximum Gasteiger partial charge on any atom is 0.226 e. The Morgan fingerprint density at radius 2 is 2.44 bits per heavy atom. The minimum Gasteiger partial charge on any atom is -0.380 e. The highest BCUT2D eigenvalue weighted by atomic mass is 16.5. The van der Waals surface area contributed by atoms with Gasteiger partial charge in [-0.05, 0) is 13.3 Å². The highest BCUT2D eigenvalue weighted by Crippen LogP contribution is 2.25. The van der Waals surface area contributed by atoms with Crippen molar-refractivity contribution in [2.75, 3.05) is 13.2 Å². The Morgan fingerprint density at radius 3 is 2.67 bits per heavy atom. The summed E-state index contributed by atoms with van der Waals surface area (Å²) in [4.78, 5) is 10.6. The topological polar surface area (TPSA) is 52.3 Å². The van der Waals surface area contributed by atoms with Gasteiger partial charge in [-0.3, -0.25) is 4.79 Å². The molecule has 0 saturated carbocycles. The summed E-state index contributed by atoms with van der Waals surface area (Å²) in [5.41, 5.74) is 4.41. The number of ether oxygens (including phenoxy) is 1. The molecule has 1 atom stereocenters. The molecule has 2 N–H and O–H groups in total. The summed E-state index contributed by atoms with van der Waals surface area (Å²) in [5, 5.41) is 0. The van der Waals surface area contributed by atoms with Gasteiger partial charge >= 0.3 is 0 Å². The van der Waals surface area contributed by atoms with Gasteiger partial charge in [0.2, 0.25) is 5.91 Å². The Morgan fingerprint density at radius 1 is 1.78 bits per heavy atom. The van der Waals surface area contributed by atoms with Crippen LogP contribution in [0.4, 0.5) is 0 Å². The predicted octanol–water partition coefficient (Wildman–Crippen LogP) is -0.288. The van der Waals surface area contributed by atoms with E-state index in [0.29, 0.717) is 19.6 Å². The Hall–Kier alpha value is -0.570. The zero-order valence-electron chi connectivity index (χ0n) is 5.22. The van der Waals surface area contributed by atoms with Crippen LogP contribution in [0.15, 0.2) is 0 Å². The second-order valence-corrected chi connectivity index (χ2v) is 2.45. The molecule has 1 aliphatic rings. The molecule has 51 valence electrons. The van der Waals surface area contributed by atoms with Crippen LogP contribution in [-0.4, -0.2) is 19.1 Å². The Balaban J connectivity index is 2.61. The van der Waals surface area contributed by atoms with Gasteiger partial charge in [0.1, 0.15) is 0 Å².